The Morgan fingerprint density at radius 3 is 2.41 bits per heavy atom. The molecule has 6 N–H and O–H groups in total. The second-order valence-electron chi connectivity index (χ2n) is 10.6. The van der Waals surface area contributed by atoms with Crippen LogP contribution in [-0.4, -0.2) is 81.2 Å². The van der Waals surface area contributed by atoms with Crippen LogP contribution in [0.5, 0.6) is 34.5 Å². The van der Waals surface area contributed by atoms with Crippen molar-refractivity contribution < 1.29 is 58.7 Å². The molecule has 4 aromatic rings. The van der Waals surface area contributed by atoms with Crippen molar-refractivity contribution in [1.82, 2.24) is 0 Å². The maximum absolute atomic E-state index is 13.4. The molecule has 2 aliphatic heterocycles. The smallest absolute Gasteiger partial charge is 0.229 e. The average Bonchev–Trinajstić information content (AvgIpc) is 3.01. The molecule has 1 saturated heterocycles. The largest absolute Gasteiger partial charge is 0.508 e. The van der Waals surface area contributed by atoms with Gasteiger partial charge in [0.05, 0.1) is 19.8 Å². The number of rotatable bonds is 6. The zero-order chi connectivity index (χ0) is 31.3. The van der Waals surface area contributed by atoms with E-state index >= 15 is 0 Å². The molecule has 7 atom stereocenters. The van der Waals surface area contributed by atoms with E-state index in [1.807, 2.05) is 0 Å². The average molecular weight is 611 g/mol. The van der Waals surface area contributed by atoms with E-state index in [0.717, 1.165) is 6.07 Å². The van der Waals surface area contributed by atoms with Crippen LogP contribution < -0.4 is 24.4 Å². The molecule has 13 nitrogen and oxygen atoms in total. The molecule has 0 saturated carbocycles. The van der Waals surface area contributed by atoms with Gasteiger partial charge in [0.25, 0.3) is 0 Å². The van der Waals surface area contributed by atoms with Gasteiger partial charge in [-0.05, 0) is 37.3 Å². The molecule has 0 radical (unpaired) electrons. The van der Waals surface area contributed by atoms with E-state index in [0.29, 0.717) is 22.6 Å². The Morgan fingerprint density at radius 2 is 1.66 bits per heavy atom. The molecule has 0 aliphatic carbocycles. The van der Waals surface area contributed by atoms with E-state index in [-0.39, 0.29) is 46.3 Å². The van der Waals surface area contributed by atoms with E-state index < -0.39 is 48.3 Å². The number of aromatic hydroxyl groups is 2. The first-order valence-corrected chi connectivity index (χ1v) is 13.7. The molecule has 232 valence electrons. The molecule has 0 spiro atoms. The number of phenolic OH excluding ortho intramolecular Hbond substituents is 2. The summed E-state index contributed by atoms with van der Waals surface area (Å²) in [5.41, 5.74) is 0.433. The van der Waals surface area contributed by atoms with Crippen molar-refractivity contribution in [3.05, 3.63) is 70.4 Å². The van der Waals surface area contributed by atoms with Crippen molar-refractivity contribution in [3.63, 3.8) is 0 Å². The molecule has 44 heavy (non-hydrogen) atoms. The monoisotopic (exact) mass is 610 g/mol. The summed E-state index contributed by atoms with van der Waals surface area (Å²) in [5, 5.41) is 60.8. The van der Waals surface area contributed by atoms with Gasteiger partial charge in [-0.15, -0.1) is 0 Å². The number of fused-ring (bicyclic) bond motifs is 2. The molecule has 5 unspecified atom stereocenters. The summed E-state index contributed by atoms with van der Waals surface area (Å²) in [5.74, 6) is 0.457. The van der Waals surface area contributed by atoms with Crippen LogP contribution in [0.15, 0.2) is 63.8 Å². The predicted molar refractivity (Wildman–Crippen MR) is 152 cm³/mol. The second-order valence-corrected chi connectivity index (χ2v) is 10.6. The van der Waals surface area contributed by atoms with Crippen LogP contribution in [0.1, 0.15) is 18.6 Å². The number of hydrogen-bond acceptors (Lipinski definition) is 13. The number of hydrogen-bond donors (Lipinski definition) is 6. The first-order chi connectivity index (χ1) is 21.1. The standard InChI is InChI=1S/C31H30O13/c1-13-27(36)28(37)29(38)31(40-13)44-24-10-16(33)9-23-26(24)18(35)11-20(42-23)14-4-6-19-22(7-14)43-30(25(12-32)41-19)15-3-5-17(34)21(8-15)39-2/h3-11,13,25,27-34,36-38H,12H2,1-2H3/t13?,25-,27?,28?,29?,30-,31?/m1/s1. The molecule has 0 bridgehead atoms. The highest BCUT2D eigenvalue weighted by Gasteiger charge is 2.43. The summed E-state index contributed by atoms with van der Waals surface area (Å²) in [7, 11) is 1.41. The van der Waals surface area contributed by atoms with E-state index in [1.165, 1.54) is 32.2 Å². The molecular formula is C31H30O13. The van der Waals surface area contributed by atoms with Gasteiger partial charge in [0.1, 0.15) is 46.5 Å². The van der Waals surface area contributed by atoms with Gasteiger partial charge in [0.15, 0.2) is 40.6 Å². The zero-order valence-corrected chi connectivity index (χ0v) is 23.5. The minimum Gasteiger partial charge on any atom is -0.508 e. The van der Waals surface area contributed by atoms with Gasteiger partial charge < -0.3 is 58.7 Å². The lowest BCUT2D eigenvalue weighted by molar-refractivity contribution is -0.267. The van der Waals surface area contributed by atoms with E-state index in [4.69, 9.17) is 28.1 Å². The Bertz CT molecular complexity index is 1750. The second kappa shape index (κ2) is 11.5. The van der Waals surface area contributed by atoms with Crippen LogP contribution in [0, 0.1) is 0 Å². The molecule has 6 rings (SSSR count). The number of ether oxygens (including phenoxy) is 5. The molecule has 3 heterocycles. The van der Waals surface area contributed by atoms with Gasteiger partial charge in [0, 0.05) is 29.3 Å². The van der Waals surface area contributed by atoms with Crippen molar-refractivity contribution in [1.29, 1.82) is 0 Å². The normalized spacial score (nSPS) is 26.4. The van der Waals surface area contributed by atoms with Crippen LogP contribution in [0.3, 0.4) is 0 Å². The molecule has 3 aromatic carbocycles. The lowest BCUT2D eigenvalue weighted by atomic mass is 10.00. The van der Waals surface area contributed by atoms with E-state index in [9.17, 15) is 35.4 Å². The van der Waals surface area contributed by atoms with Crippen LogP contribution in [0.4, 0.5) is 0 Å². The number of methoxy groups -OCH3 is 1. The van der Waals surface area contributed by atoms with Gasteiger partial charge in [-0.25, -0.2) is 0 Å². The van der Waals surface area contributed by atoms with Crippen molar-refractivity contribution in [2.24, 2.45) is 0 Å². The molecule has 0 amide bonds. The Balaban J connectivity index is 1.34. The fourth-order valence-corrected chi connectivity index (χ4v) is 5.28. The maximum atomic E-state index is 13.4. The highest BCUT2D eigenvalue weighted by atomic mass is 16.7. The van der Waals surface area contributed by atoms with E-state index in [2.05, 4.69) is 0 Å². The quantitative estimate of drug-likeness (QED) is 0.185. The van der Waals surface area contributed by atoms with Crippen molar-refractivity contribution in [2.45, 2.75) is 49.8 Å². The van der Waals surface area contributed by atoms with Crippen molar-refractivity contribution in [2.75, 3.05) is 13.7 Å². The number of aliphatic hydroxyl groups excluding tert-OH is 4. The zero-order valence-electron chi connectivity index (χ0n) is 23.5. The van der Waals surface area contributed by atoms with Gasteiger partial charge in [-0.3, -0.25) is 4.79 Å². The Kier molecular flexibility index (Phi) is 7.73. The van der Waals surface area contributed by atoms with Crippen molar-refractivity contribution in [3.8, 4) is 45.8 Å². The first-order valence-electron chi connectivity index (χ1n) is 13.7. The van der Waals surface area contributed by atoms with Crippen LogP contribution in [0.2, 0.25) is 0 Å². The summed E-state index contributed by atoms with van der Waals surface area (Å²) in [6, 6.07) is 13.1. The highest BCUT2D eigenvalue weighted by molar-refractivity contribution is 5.86. The van der Waals surface area contributed by atoms with Crippen LogP contribution >= 0.6 is 0 Å². The Hall–Kier alpha value is -4.53. The van der Waals surface area contributed by atoms with E-state index in [1.54, 1.807) is 30.3 Å². The number of aliphatic hydroxyl groups is 4. The third kappa shape index (κ3) is 5.25. The number of phenols is 2. The molecule has 13 heteroatoms. The Labute approximate surface area is 249 Å². The summed E-state index contributed by atoms with van der Waals surface area (Å²) >= 11 is 0. The fourth-order valence-electron chi connectivity index (χ4n) is 5.28. The lowest BCUT2D eigenvalue weighted by Crippen LogP contribution is -2.58. The lowest BCUT2D eigenvalue weighted by Gasteiger charge is -2.38. The topological polar surface area (TPSA) is 198 Å². The molecule has 1 aromatic heterocycles. The summed E-state index contributed by atoms with van der Waals surface area (Å²) in [4.78, 5) is 13.4. The van der Waals surface area contributed by atoms with Crippen molar-refractivity contribution >= 4 is 11.0 Å². The molecular weight excluding hydrogens is 580 g/mol. The first kappa shape index (κ1) is 29.5. The van der Waals surface area contributed by atoms with Crippen LogP contribution in [-0.2, 0) is 4.74 Å². The molecule has 1 fully saturated rings. The summed E-state index contributed by atoms with van der Waals surface area (Å²) in [6.07, 6.45) is -8.41. The van der Waals surface area contributed by atoms with Gasteiger partial charge >= 0.3 is 0 Å². The van der Waals surface area contributed by atoms with Gasteiger partial charge in [0.2, 0.25) is 6.29 Å². The fraction of sp³-hybridized carbons (Fsp3) is 0.323. The summed E-state index contributed by atoms with van der Waals surface area (Å²) in [6.45, 7) is 1.13. The number of benzene rings is 3. The van der Waals surface area contributed by atoms with Gasteiger partial charge in [-0.1, -0.05) is 6.07 Å². The minimum atomic E-state index is -1.64. The third-order valence-corrected chi connectivity index (χ3v) is 7.64. The maximum Gasteiger partial charge on any atom is 0.229 e. The third-order valence-electron chi connectivity index (χ3n) is 7.64. The highest BCUT2D eigenvalue weighted by Crippen LogP contribution is 2.43. The Morgan fingerprint density at radius 1 is 0.864 bits per heavy atom. The summed E-state index contributed by atoms with van der Waals surface area (Å²) < 4.78 is 34.6. The predicted octanol–water partition coefficient (Wildman–Crippen LogP) is 1.96. The van der Waals surface area contributed by atoms with Crippen LogP contribution in [0.25, 0.3) is 22.3 Å². The molecule has 2 aliphatic rings. The minimum absolute atomic E-state index is 0.0364. The SMILES string of the molecule is COc1cc([C@H]2Oc3cc(-c4cc(=O)c5c(OC6OC(C)C(O)C(O)C6O)cc(O)cc5o4)ccc3O[C@@H]2CO)ccc1O. The van der Waals surface area contributed by atoms with Gasteiger partial charge in [-0.2, -0.15) is 0 Å².